The van der Waals surface area contributed by atoms with Crippen LogP contribution in [-0.2, 0) is 14.3 Å². The van der Waals surface area contributed by atoms with E-state index in [1.165, 1.54) is 19.2 Å². The molecular weight excluding hydrogens is 236 g/mol. The summed E-state index contributed by atoms with van der Waals surface area (Å²) in [6.45, 7) is 5.02. The number of ether oxygens (including phenoxy) is 2. The first-order valence-electron chi connectivity index (χ1n) is 5.55. The molecule has 0 saturated heterocycles. The van der Waals surface area contributed by atoms with E-state index in [1.54, 1.807) is 13.8 Å². The number of hydrogen-bond donors (Lipinski definition) is 1. The van der Waals surface area contributed by atoms with Crippen LogP contribution in [-0.4, -0.2) is 29.6 Å². The summed E-state index contributed by atoms with van der Waals surface area (Å²) in [6, 6.07) is 1.46. The average Bonchev–Trinajstić information content (AvgIpc) is 2.32. The molecule has 18 heavy (non-hydrogen) atoms. The van der Waals surface area contributed by atoms with Crippen LogP contribution in [0.4, 0.5) is 5.69 Å². The SMILES string of the molecule is CCOC(=O)C(C)OC(=O)c1cc(N)cnc1C. The minimum atomic E-state index is -0.960. The first kappa shape index (κ1) is 14.0. The normalized spacial score (nSPS) is 11.7. The number of hydrogen-bond acceptors (Lipinski definition) is 6. The van der Waals surface area contributed by atoms with Crippen LogP contribution in [0, 0.1) is 6.92 Å². The third-order valence-corrected chi connectivity index (χ3v) is 2.23. The number of anilines is 1. The number of aryl methyl sites for hydroxylation is 1. The molecule has 1 atom stereocenters. The summed E-state index contributed by atoms with van der Waals surface area (Å²) in [4.78, 5) is 27.1. The molecule has 0 aliphatic carbocycles. The number of nitrogens with zero attached hydrogens (tertiary/aromatic N) is 1. The highest BCUT2D eigenvalue weighted by molar-refractivity contribution is 5.93. The Bertz CT molecular complexity index is 459. The summed E-state index contributed by atoms with van der Waals surface area (Å²) in [5.41, 5.74) is 6.63. The average molecular weight is 252 g/mol. The number of carbonyl (C=O) groups is 2. The first-order valence-corrected chi connectivity index (χ1v) is 5.55. The summed E-state index contributed by atoms with van der Waals surface area (Å²) in [7, 11) is 0. The Kier molecular flexibility index (Phi) is 4.65. The van der Waals surface area contributed by atoms with Crippen molar-refractivity contribution in [3.05, 3.63) is 23.5 Å². The van der Waals surface area contributed by atoms with Crippen molar-refractivity contribution in [1.29, 1.82) is 0 Å². The van der Waals surface area contributed by atoms with Gasteiger partial charge in [0, 0.05) is 0 Å². The van der Waals surface area contributed by atoms with E-state index in [4.69, 9.17) is 15.2 Å². The van der Waals surface area contributed by atoms with Crippen LogP contribution in [0.3, 0.4) is 0 Å². The van der Waals surface area contributed by atoms with Gasteiger partial charge in [0.2, 0.25) is 0 Å². The molecule has 0 spiro atoms. The van der Waals surface area contributed by atoms with Crippen LogP contribution in [0.5, 0.6) is 0 Å². The number of rotatable bonds is 4. The molecule has 0 saturated carbocycles. The fraction of sp³-hybridized carbons (Fsp3) is 0.417. The van der Waals surface area contributed by atoms with Crippen molar-refractivity contribution in [3.63, 3.8) is 0 Å². The molecule has 0 radical (unpaired) electrons. The van der Waals surface area contributed by atoms with E-state index < -0.39 is 18.0 Å². The molecule has 0 bridgehead atoms. The first-order chi connectivity index (χ1) is 8.45. The van der Waals surface area contributed by atoms with Gasteiger partial charge in [-0.1, -0.05) is 0 Å². The Morgan fingerprint density at radius 1 is 1.50 bits per heavy atom. The van der Waals surface area contributed by atoms with Crippen LogP contribution >= 0.6 is 0 Å². The molecule has 0 fully saturated rings. The fourth-order valence-corrected chi connectivity index (χ4v) is 1.29. The molecule has 1 heterocycles. The lowest BCUT2D eigenvalue weighted by atomic mass is 10.2. The van der Waals surface area contributed by atoms with Gasteiger partial charge in [-0.2, -0.15) is 0 Å². The van der Waals surface area contributed by atoms with E-state index in [0.29, 0.717) is 11.4 Å². The topological polar surface area (TPSA) is 91.5 Å². The molecule has 1 aromatic heterocycles. The van der Waals surface area contributed by atoms with Crippen LogP contribution < -0.4 is 5.73 Å². The van der Waals surface area contributed by atoms with E-state index in [-0.39, 0.29) is 12.2 Å². The molecule has 0 aliphatic rings. The Labute approximate surface area is 105 Å². The van der Waals surface area contributed by atoms with E-state index in [1.807, 2.05) is 0 Å². The molecule has 1 aromatic rings. The monoisotopic (exact) mass is 252 g/mol. The van der Waals surface area contributed by atoms with Crippen LogP contribution in [0.25, 0.3) is 0 Å². The van der Waals surface area contributed by atoms with Crippen molar-refractivity contribution in [2.45, 2.75) is 26.9 Å². The van der Waals surface area contributed by atoms with Crippen molar-refractivity contribution < 1.29 is 19.1 Å². The van der Waals surface area contributed by atoms with E-state index in [0.717, 1.165) is 0 Å². The zero-order valence-electron chi connectivity index (χ0n) is 10.6. The van der Waals surface area contributed by atoms with Gasteiger partial charge in [-0.15, -0.1) is 0 Å². The van der Waals surface area contributed by atoms with Gasteiger partial charge in [-0.3, -0.25) is 4.98 Å². The number of nitrogen functional groups attached to an aromatic ring is 1. The quantitative estimate of drug-likeness (QED) is 0.806. The maximum Gasteiger partial charge on any atom is 0.347 e. The van der Waals surface area contributed by atoms with E-state index >= 15 is 0 Å². The summed E-state index contributed by atoms with van der Waals surface area (Å²) >= 11 is 0. The Morgan fingerprint density at radius 2 is 2.17 bits per heavy atom. The number of nitrogens with two attached hydrogens (primary N) is 1. The van der Waals surface area contributed by atoms with Gasteiger partial charge < -0.3 is 15.2 Å². The molecule has 6 heteroatoms. The zero-order valence-corrected chi connectivity index (χ0v) is 10.6. The van der Waals surface area contributed by atoms with Crippen LogP contribution in [0.1, 0.15) is 29.9 Å². The van der Waals surface area contributed by atoms with E-state index in [2.05, 4.69) is 4.98 Å². The number of esters is 2. The van der Waals surface area contributed by atoms with Gasteiger partial charge in [0.1, 0.15) is 0 Å². The Balaban J connectivity index is 2.76. The summed E-state index contributed by atoms with van der Waals surface area (Å²) in [5, 5.41) is 0. The molecule has 0 amide bonds. The second-order valence-electron chi connectivity index (χ2n) is 3.70. The lowest BCUT2D eigenvalue weighted by Gasteiger charge is -2.12. The lowest BCUT2D eigenvalue weighted by molar-refractivity contribution is -0.152. The zero-order chi connectivity index (χ0) is 13.7. The van der Waals surface area contributed by atoms with Crippen molar-refractivity contribution in [2.75, 3.05) is 12.3 Å². The van der Waals surface area contributed by atoms with Gasteiger partial charge >= 0.3 is 11.9 Å². The second kappa shape index (κ2) is 6.00. The Hall–Kier alpha value is -2.11. The highest BCUT2D eigenvalue weighted by Gasteiger charge is 2.21. The smallest absolute Gasteiger partial charge is 0.347 e. The van der Waals surface area contributed by atoms with Gasteiger partial charge in [0.25, 0.3) is 0 Å². The minimum absolute atomic E-state index is 0.236. The van der Waals surface area contributed by atoms with E-state index in [9.17, 15) is 9.59 Å². The predicted octanol–water partition coefficient (Wildman–Crippen LogP) is 1.08. The summed E-state index contributed by atoms with van der Waals surface area (Å²) < 4.78 is 9.72. The molecule has 2 N–H and O–H groups in total. The van der Waals surface area contributed by atoms with Crippen molar-refractivity contribution >= 4 is 17.6 Å². The van der Waals surface area contributed by atoms with Crippen LogP contribution in [0.15, 0.2) is 12.3 Å². The highest BCUT2D eigenvalue weighted by Crippen LogP contribution is 2.12. The molecule has 0 aromatic carbocycles. The van der Waals surface area contributed by atoms with Crippen molar-refractivity contribution in [2.24, 2.45) is 0 Å². The van der Waals surface area contributed by atoms with Crippen molar-refractivity contribution in [3.8, 4) is 0 Å². The molecule has 1 unspecified atom stereocenters. The Morgan fingerprint density at radius 3 is 2.78 bits per heavy atom. The van der Waals surface area contributed by atoms with Crippen molar-refractivity contribution in [1.82, 2.24) is 4.98 Å². The lowest BCUT2D eigenvalue weighted by Crippen LogP contribution is -2.26. The molecule has 0 aliphatic heterocycles. The van der Waals surface area contributed by atoms with Crippen LogP contribution in [0.2, 0.25) is 0 Å². The van der Waals surface area contributed by atoms with Gasteiger partial charge in [-0.05, 0) is 26.8 Å². The highest BCUT2D eigenvalue weighted by atomic mass is 16.6. The fourth-order valence-electron chi connectivity index (χ4n) is 1.29. The number of pyridine rings is 1. The van der Waals surface area contributed by atoms with Gasteiger partial charge in [0.05, 0.1) is 29.7 Å². The molecule has 1 rings (SSSR count). The minimum Gasteiger partial charge on any atom is -0.463 e. The third-order valence-electron chi connectivity index (χ3n) is 2.23. The molecular formula is C12H16N2O4. The standard InChI is InChI=1S/C12H16N2O4/c1-4-17-11(15)8(3)18-12(16)10-5-9(13)6-14-7(10)2/h5-6,8H,4,13H2,1-3H3. The number of carbonyl (C=O) groups excluding carboxylic acids is 2. The van der Waals surface area contributed by atoms with Gasteiger partial charge in [0.15, 0.2) is 6.10 Å². The third kappa shape index (κ3) is 3.44. The summed E-state index contributed by atoms with van der Waals surface area (Å²) in [6.07, 6.45) is 0.485. The second-order valence-corrected chi connectivity index (χ2v) is 3.70. The molecule has 98 valence electrons. The summed E-state index contributed by atoms with van der Waals surface area (Å²) in [5.74, 6) is -1.23. The predicted molar refractivity (Wildman–Crippen MR) is 64.9 cm³/mol. The van der Waals surface area contributed by atoms with Gasteiger partial charge in [-0.25, -0.2) is 9.59 Å². The maximum absolute atomic E-state index is 11.8. The number of aromatic nitrogens is 1. The largest absolute Gasteiger partial charge is 0.463 e. The molecule has 6 nitrogen and oxygen atoms in total. The maximum atomic E-state index is 11.8.